The SMILES string of the molecule is CN(CCOc1ccccc1C(C)(C)C)C(=O)c1cccnn1. The number of likely N-dealkylation sites (N-methyl/N-ethyl adjacent to an activating group) is 1. The van der Waals surface area contributed by atoms with Gasteiger partial charge in [0.25, 0.3) is 5.91 Å². The zero-order valence-corrected chi connectivity index (χ0v) is 14.1. The molecule has 0 fully saturated rings. The Bertz CT molecular complexity index is 651. The van der Waals surface area contributed by atoms with Crippen molar-refractivity contribution < 1.29 is 9.53 Å². The van der Waals surface area contributed by atoms with Gasteiger partial charge in [-0.2, -0.15) is 5.10 Å². The van der Waals surface area contributed by atoms with Gasteiger partial charge in [-0.15, -0.1) is 5.10 Å². The first-order chi connectivity index (χ1) is 10.9. The lowest BCUT2D eigenvalue weighted by Crippen LogP contribution is -2.31. The van der Waals surface area contributed by atoms with Gasteiger partial charge < -0.3 is 9.64 Å². The smallest absolute Gasteiger partial charge is 0.274 e. The monoisotopic (exact) mass is 313 g/mol. The Morgan fingerprint density at radius 1 is 1.17 bits per heavy atom. The molecule has 1 amide bonds. The first-order valence-electron chi connectivity index (χ1n) is 7.65. The van der Waals surface area contributed by atoms with E-state index < -0.39 is 0 Å². The quantitative estimate of drug-likeness (QED) is 0.851. The van der Waals surface area contributed by atoms with Crippen molar-refractivity contribution in [1.29, 1.82) is 0 Å². The topological polar surface area (TPSA) is 55.3 Å². The summed E-state index contributed by atoms with van der Waals surface area (Å²) < 4.78 is 5.89. The summed E-state index contributed by atoms with van der Waals surface area (Å²) in [7, 11) is 1.73. The lowest BCUT2D eigenvalue weighted by atomic mass is 9.86. The Hall–Kier alpha value is -2.43. The van der Waals surface area contributed by atoms with E-state index in [-0.39, 0.29) is 11.3 Å². The van der Waals surface area contributed by atoms with Crippen LogP contribution in [-0.2, 0) is 5.41 Å². The van der Waals surface area contributed by atoms with Crippen LogP contribution < -0.4 is 4.74 Å². The highest BCUT2D eigenvalue weighted by molar-refractivity contribution is 5.91. The summed E-state index contributed by atoms with van der Waals surface area (Å²) in [5.41, 5.74) is 1.51. The van der Waals surface area contributed by atoms with E-state index in [4.69, 9.17) is 4.74 Å². The molecule has 0 atom stereocenters. The third-order valence-corrected chi connectivity index (χ3v) is 3.52. The predicted octanol–water partition coefficient (Wildman–Crippen LogP) is 2.93. The second kappa shape index (κ2) is 7.22. The molecule has 0 aliphatic rings. The molecule has 23 heavy (non-hydrogen) atoms. The maximum Gasteiger partial charge on any atom is 0.274 e. The van der Waals surface area contributed by atoms with E-state index >= 15 is 0 Å². The van der Waals surface area contributed by atoms with Crippen molar-refractivity contribution in [1.82, 2.24) is 15.1 Å². The number of carbonyl (C=O) groups excluding carboxylic acids is 1. The molecule has 0 spiro atoms. The molecule has 1 aromatic heterocycles. The van der Waals surface area contributed by atoms with Crippen molar-refractivity contribution in [3.63, 3.8) is 0 Å². The number of hydrogen-bond donors (Lipinski definition) is 0. The van der Waals surface area contributed by atoms with Crippen molar-refractivity contribution in [3.8, 4) is 5.75 Å². The van der Waals surface area contributed by atoms with Crippen LogP contribution in [0.1, 0.15) is 36.8 Å². The first kappa shape index (κ1) is 16.9. The van der Waals surface area contributed by atoms with Crippen LogP contribution in [0.3, 0.4) is 0 Å². The third-order valence-electron chi connectivity index (χ3n) is 3.52. The van der Waals surface area contributed by atoms with Crippen LogP contribution in [0.4, 0.5) is 0 Å². The van der Waals surface area contributed by atoms with Crippen LogP contribution in [0.15, 0.2) is 42.6 Å². The summed E-state index contributed by atoms with van der Waals surface area (Å²) in [6.07, 6.45) is 1.54. The number of para-hydroxylation sites is 1. The van der Waals surface area contributed by atoms with Crippen molar-refractivity contribution in [3.05, 3.63) is 53.9 Å². The number of benzene rings is 1. The standard InChI is InChI=1S/C18H23N3O2/c1-18(2,3)14-8-5-6-10-16(14)23-13-12-21(4)17(22)15-9-7-11-19-20-15/h5-11H,12-13H2,1-4H3. The number of rotatable bonds is 5. The summed E-state index contributed by atoms with van der Waals surface area (Å²) >= 11 is 0. The second-order valence-electron chi connectivity index (χ2n) is 6.43. The van der Waals surface area contributed by atoms with Crippen molar-refractivity contribution in [2.75, 3.05) is 20.2 Å². The molecule has 2 aromatic rings. The fourth-order valence-corrected chi connectivity index (χ4v) is 2.22. The molecule has 0 bridgehead atoms. The number of carbonyl (C=O) groups is 1. The molecular formula is C18H23N3O2. The van der Waals surface area contributed by atoms with E-state index in [9.17, 15) is 4.79 Å². The van der Waals surface area contributed by atoms with Gasteiger partial charge in [-0.25, -0.2) is 0 Å². The largest absolute Gasteiger partial charge is 0.491 e. The van der Waals surface area contributed by atoms with Gasteiger partial charge in [0, 0.05) is 13.2 Å². The highest BCUT2D eigenvalue weighted by atomic mass is 16.5. The first-order valence-corrected chi connectivity index (χ1v) is 7.65. The van der Waals surface area contributed by atoms with E-state index in [1.807, 2.05) is 18.2 Å². The fourth-order valence-electron chi connectivity index (χ4n) is 2.22. The molecule has 0 unspecified atom stereocenters. The average Bonchev–Trinajstić information content (AvgIpc) is 2.54. The number of nitrogens with zero attached hydrogens (tertiary/aromatic N) is 3. The Kier molecular flexibility index (Phi) is 5.32. The summed E-state index contributed by atoms with van der Waals surface area (Å²) in [6.45, 7) is 7.36. The van der Waals surface area contributed by atoms with Crippen LogP contribution >= 0.6 is 0 Å². The maximum atomic E-state index is 12.2. The van der Waals surface area contributed by atoms with Gasteiger partial charge in [0.2, 0.25) is 0 Å². The number of ether oxygens (including phenoxy) is 1. The van der Waals surface area contributed by atoms with Crippen LogP contribution in [0.25, 0.3) is 0 Å². The minimum absolute atomic E-state index is 0.0118. The molecule has 0 saturated carbocycles. The van der Waals surface area contributed by atoms with Crippen LogP contribution in [0.5, 0.6) is 5.75 Å². The van der Waals surface area contributed by atoms with E-state index in [2.05, 4.69) is 37.0 Å². The average molecular weight is 313 g/mol. The molecular weight excluding hydrogens is 290 g/mol. The molecule has 0 N–H and O–H groups in total. The van der Waals surface area contributed by atoms with Crippen molar-refractivity contribution in [2.45, 2.75) is 26.2 Å². The van der Waals surface area contributed by atoms with E-state index in [1.54, 1.807) is 30.3 Å². The van der Waals surface area contributed by atoms with Crippen molar-refractivity contribution in [2.24, 2.45) is 0 Å². The lowest BCUT2D eigenvalue weighted by Gasteiger charge is -2.23. The zero-order valence-electron chi connectivity index (χ0n) is 14.1. The Morgan fingerprint density at radius 2 is 1.91 bits per heavy atom. The normalized spacial score (nSPS) is 11.1. The van der Waals surface area contributed by atoms with Gasteiger partial charge in [0.05, 0.1) is 6.54 Å². The van der Waals surface area contributed by atoms with Gasteiger partial charge in [0.15, 0.2) is 5.69 Å². The van der Waals surface area contributed by atoms with Gasteiger partial charge in [-0.3, -0.25) is 4.79 Å². The summed E-state index contributed by atoms with van der Waals surface area (Å²) in [6, 6.07) is 11.4. The van der Waals surface area contributed by atoms with E-state index in [1.165, 1.54) is 0 Å². The second-order valence-corrected chi connectivity index (χ2v) is 6.43. The molecule has 5 nitrogen and oxygen atoms in total. The van der Waals surface area contributed by atoms with E-state index in [0.29, 0.717) is 18.8 Å². The predicted molar refractivity (Wildman–Crippen MR) is 89.6 cm³/mol. The molecule has 1 aromatic carbocycles. The molecule has 5 heteroatoms. The fraction of sp³-hybridized carbons (Fsp3) is 0.389. The Morgan fingerprint density at radius 3 is 2.57 bits per heavy atom. The highest BCUT2D eigenvalue weighted by Gasteiger charge is 2.19. The highest BCUT2D eigenvalue weighted by Crippen LogP contribution is 2.30. The van der Waals surface area contributed by atoms with Gasteiger partial charge in [-0.05, 0) is 29.2 Å². The molecule has 2 rings (SSSR count). The van der Waals surface area contributed by atoms with Crippen molar-refractivity contribution >= 4 is 5.91 Å². The summed E-state index contributed by atoms with van der Waals surface area (Å²) in [5.74, 6) is 0.700. The summed E-state index contributed by atoms with van der Waals surface area (Å²) in [4.78, 5) is 13.8. The molecule has 0 aliphatic carbocycles. The molecule has 0 radical (unpaired) electrons. The molecule has 122 valence electrons. The Balaban J connectivity index is 1.94. The molecule has 0 aliphatic heterocycles. The lowest BCUT2D eigenvalue weighted by molar-refractivity contribution is 0.0766. The maximum absolute atomic E-state index is 12.2. The van der Waals surface area contributed by atoms with Crippen LogP contribution in [0, 0.1) is 0 Å². The molecule has 0 saturated heterocycles. The van der Waals surface area contributed by atoms with E-state index in [0.717, 1.165) is 11.3 Å². The zero-order chi connectivity index (χ0) is 16.9. The van der Waals surface area contributed by atoms with Gasteiger partial charge in [0.1, 0.15) is 12.4 Å². The van der Waals surface area contributed by atoms with Crippen LogP contribution in [-0.4, -0.2) is 41.2 Å². The Labute approximate surface area is 137 Å². The van der Waals surface area contributed by atoms with Gasteiger partial charge >= 0.3 is 0 Å². The third kappa shape index (κ3) is 4.52. The summed E-state index contributed by atoms with van der Waals surface area (Å²) in [5, 5.41) is 7.56. The number of hydrogen-bond acceptors (Lipinski definition) is 4. The molecule has 1 heterocycles. The van der Waals surface area contributed by atoms with Gasteiger partial charge in [-0.1, -0.05) is 39.0 Å². The van der Waals surface area contributed by atoms with Crippen LogP contribution in [0.2, 0.25) is 0 Å². The minimum atomic E-state index is -0.161. The number of amides is 1. The number of aromatic nitrogens is 2. The minimum Gasteiger partial charge on any atom is -0.491 e.